The average molecular weight is 384 g/mol. The van der Waals surface area contributed by atoms with Crippen LogP contribution in [0.4, 0.5) is 5.82 Å². The predicted octanol–water partition coefficient (Wildman–Crippen LogP) is 1.38. The fourth-order valence-electron chi connectivity index (χ4n) is 4.75. The molecule has 0 bridgehead atoms. The standard InChI is InChI=1S/C20H29N7O/c1-24-9-2-4-16(14-24)20(28)26-12-7-15(8-13-26)19-22-21-17-5-6-18(23-27(17)19)25-10-3-11-25/h5-6,15-16H,2-4,7-14H2,1H3. The van der Waals surface area contributed by atoms with E-state index in [1.165, 1.54) is 6.42 Å². The van der Waals surface area contributed by atoms with Crippen LogP contribution in [0, 0.1) is 5.92 Å². The molecule has 28 heavy (non-hydrogen) atoms. The van der Waals surface area contributed by atoms with E-state index in [0.717, 1.165) is 82.2 Å². The van der Waals surface area contributed by atoms with Crippen LogP contribution in [0.25, 0.3) is 5.65 Å². The second-order valence-corrected chi connectivity index (χ2v) is 8.56. The van der Waals surface area contributed by atoms with Crippen molar-refractivity contribution in [3.63, 3.8) is 0 Å². The lowest BCUT2D eigenvalue weighted by atomic mass is 9.92. The molecule has 3 aliphatic heterocycles. The molecule has 3 aliphatic rings. The van der Waals surface area contributed by atoms with Gasteiger partial charge in [0.15, 0.2) is 11.5 Å². The Morgan fingerprint density at radius 1 is 1.00 bits per heavy atom. The normalized spacial score (nSPS) is 24.5. The van der Waals surface area contributed by atoms with E-state index >= 15 is 0 Å². The Hall–Kier alpha value is -2.22. The van der Waals surface area contributed by atoms with Gasteiger partial charge in [0.25, 0.3) is 0 Å². The van der Waals surface area contributed by atoms with E-state index in [-0.39, 0.29) is 5.92 Å². The summed E-state index contributed by atoms with van der Waals surface area (Å²) in [6, 6.07) is 4.05. The molecule has 0 radical (unpaired) electrons. The van der Waals surface area contributed by atoms with E-state index in [1.807, 2.05) is 16.6 Å². The largest absolute Gasteiger partial charge is 0.355 e. The van der Waals surface area contributed by atoms with Gasteiger partial charge < -0.3 is 14.7 Å². The molecular formula is C20H29N7O. The summed E-state index contributed by atoms with van der Waals surface area (Å²) in [6.45, 7) is 5.78. The molecule has 0 aromatic carbocycles. The Balaban J connectivity index is 1.27. The molecule has 3 fully saturated rings. The lowest BCUT2D eigenvalue weighted by Gasteiger charge is -2.36. The molecule has 8 heteroatoms. The molecule has 1 atom stereocenters. The summed E-state index contributed by atoms with van der Waals surface area (Å²) in [5.74, 6) is 2.78. The lowest BCUT2D eigenvalue weighted by Crippen LogP contribution is -2.46. The van der Waals surface area contributed by atoms with Crippen LogP contribution >= 0.6 is 0 Å². The third-order valence-electron chi connectivity index (χ3n) is 6.60. The SMILES string of the molecule is CN1CCCC(C(=O)N2CCC(c3nnc4ccc(N5CCC5)nn34)CC2)C1. The first-order valence-electron chi connectivity index (χ1n) is 10.6. The van der Waals surface area contributed by atoms with Gasteiger partial charge in [-0.2, -0.15) is 4.52 Å². The van der Waals surface area contributed by atoms with E-state index in [9.17, 15) is 4.79 Å². The monoisotopic (exact) mass is 383 g/mol. The number of nitrogens with zero attached hydrogens (tertiary/aromatic N) is 7. The van der Waals surface area contributed by atoms with Crippen LogP contribution in [0.15, 0.2) is 12.1 Å². The molecule has 5 heterocycles. The number of aromatic nitrogens is 4. The second kappa shape index (κ2) is 7.31. The van der Waals surface area contributed by atoms with Gasteiger partial charge in [-0.3, -0.25) is 4.79 Å². The summed E-state index contributed by atoms with van der Waals surface area (Å²) in [5.41, 5.74) is 0.808. The quantitative estimate of drug-likeness (QED) is 0.798. The zero-order chi connectivity index (χ0) is 19.1. The van der Waals surface area contributed by atoms with Crippen LogP contribution in [-0.2, 0) is 4.79 Å². The van der Waals surface area contributed by atoms with Crippen molar-refractivity contribution < 1.29 is 4.79 Å². The Kier molecular flexibility index (Phi) is 4.66. The van der Waals surface area contributed by atoms with Crippen molar-refractivity contribution in [1.82, 2.24) is 29.6 Å². The maximum atomic E-state index is 12.9. The van der Waals surface area contributed by atoms with Crippen LogP contribution in [-0.4, -0.2) is 81.8 Å². The van der Waals surface area contributed by atoms with Gasteiger partial charge in [-0.1, -0.05) is 0 Å². The minimum Gasteiger partial charge on any atom is -0.355 e. The number of anilines is 1. The van der Waals surface area contributed by atoms with Gasteiger partial charge in [0, 0.05) is 38.6 Å². The van der Waals surface area contributed by atoms with Crippen molar-refractivity contribution in [2.24, 2.45) is 5.92 Å². The van der Waals surface area contributed by atoms with Crippen LogP contribution < -0.4 is 4.90 Å². The number of likely N-dealkylation sites (tertiary alicyclic amines) is 2. The van der Waals surface area contributed by atoms with Crippen molar-refractivity contribution in [3.8, 4) is 0 Å². The summed E-state index contributed by atoms with van der Waals surface area (Å²) in [7, 11) is 2.11. The Bertz CT molecular complexity index is 853. The van der Waals surface area contributed by atoms with Gasteiger partial charge in [0.2, 0.25) is 5.91 Å². The average Bonchev–Trinajstić information content (AvgIpc) is 3.09. The topological polar surface area (TPSA) is 69.9 Å². The summed E-state index contributed by atoms with van der Waals surface area (Å²) < 4.78 is 1.92. The molecule has 5 rings (SSSR count). The van der Waals surface area contributed by atoms with Gasteiger partial charge in [0.1, 0.15) is 5.82 Å². The van der Waals surface area contributed by atoms with Gasteiger partial charge in [-0.25, -0.2) is 0 Å². The van der Waals surface area contributed by atoms with Crippen molar-refractivity contribution >= 4 is 17.4 Å². The smallest absolute Gasteiger partial charge is 0.226 e. The molecule has 0 spiro atoms. The minimum atomic E-state index is 0.171. The number of amides is 1. The molecule has 1 amide bonds. The molecule has 0 aliphatic carbocycles. The number of hydrogen-bond donors (Lipinski definition) is 0. The number of carbonyl (C=O) groups is 1. The minimum absolute atomic E-state index is 0.171. The summed E-state index contributed by atoms with van der Waals surface area (Å²) in [5, 5.41) is 13.6. The Morgan fingerprint density at radius 2 is 1.82 bits per heavy atom. The first kappa shape index (κ1) is 17.8. The third-order valence-corrected chi connectivity index (χ3v) is 6.60. The highest BCUT2D eigenvalue weighted by Crippen LogP contribution is 2.29. The van der Waals surface area contributed by atoms with E-state index in [4.69, 9.17) is 5.10 Å². The van der Waals surface area contributed by atoms with Crippen LogP contribution in [0.5, 0.6) is 0 Å². The summed E-state index contributed by atoms with van der Waals surface area (Å²) in [6.07, 6.45) is 5.26. The molecule has 0 saturated carbocycles. The van der Waals surface area contributed by atoms with E-state index in [1.54, 1.807) is 0 Å². The van der Waals surface area contributed by atoms with Crippen molar-refractivity contribution in [2.75, 3.05) is 51.2 Å². The number of hydrogen-bond acceptors (Lipinski definition) is 6. The molecule has 0 N–H and O–H groups in total. The molecule has 1 unspecified atom stereocenters. The van der Waals surface area contributed by atoms with Crippen LogP contribution in [0.1, 0.15) is 43.8 Å². The number of carbonyl (C=O) groups excluding carboxylic acids is 1. The van der Waals surface area contributed by atoms with E-state index in [0.29, 0.717) is 11.8 Å². The molecule has 2 aromatic heterocycles. The summed E-state index contributed by atoms with van der Waals surface area (Å²) in [4.78, 5) is 19.5. The highest BCUT2D eigenvalue weighted by molar-refractivity contribution is 5.79. The first-order valence-corrected chi connectivity index (χ1v) is 10.6. The highest BCUT2D eigenvalue weighted by Gasteiger charge is 2.32. The van der Waals surface area contributed by atoms with Crippen molar-refractivity contribution in [2.45, 2.75) is 38.0 Å². The maximum Gasteiger partial charge on any atom is 0.226 e. The van der Waals surface area contributed by atoms with Gasteiger partial charge in [-0.15, -0.1) is 15.3 Å². The number of rotatable bonds is 3. The zero-order valence-electron chi connectivity index (χ0n) is 16.6. The maximum absolute atomic E-state index is 12.9. The van der Waals surface area contributed by atoms with Crippen LogP contribution in [0.2, 0.25) is 0 Å². The fourth-order valence-corrected chi connectivity index (χ4v) is 4.75. The van der Waals surface area contributed by atoms with E-state index < -0.39 is 0 Å². The van der Waals surface area contributed by atoms with Crippen LogP contribution in [0.3, 0.4) is 0 Å². The fraction of sp³-hybridized carbons (Fsp3) is 0.700. The Labute approximate surface area is 165 Å². The molecule has 8 nitrogen and oxygen atoms in total. The molecule has 3 saturated heterocycles. The number of piperidine rings is 2. The molecule has 2 aromatic rings. The van der Waals surface area contributed by atoms with Gasteiger partial charge in [-0.05, 0) is 57.8 Å². The lowest BCUT2D eigenvalue weighted by molar-refractivity contribution is -0.138. The zero-order valence-corrected chi connectivity index (χ0v) is 16.6. The first-order chi connectivity index (χ1) is 13.7. The molecule has 150 valence electrons. The second-order valence-electron chi connectivity index (χ2n) is 8.56. The Morgan fingerprint density at radius 3 is 2.54 bits per heavy atom. The summed E-state index contributed by atoms with van der Waals surface area (Å²) >= 11 is 0. The highest BCUT2D eigenvalue weighted by atomic mass is 16.2. The van der Waals surface area contributed by atoms with Crippen molar-refractivity contribution in [3.05, 3.63) is 18.0 Å². The van der Waals surface area contributed by atoms with E-state index in [2.05, 4.69) is 31.9 Å². The number of fused-ring (bicyclic) bond motifs is 1. The van der Waals surface area contributed by atoms with Gasteiger partial charge >= 0.3 is 0 Å². The van der Waals surface area contributed by atoms with Gasteiger partial charge in [0.05, 0.1) is 5.92 Å². The predicted molar refractivity (Wildman–Crippen MR) is 106 cm³/mol. The molecular weight excluding hydrogens is 354 g/mol. The van der Waals surface area contributed by atoms with Crippen molar-refractivity contribution in [1.29, 1.82) is 0 Å². The third kappa shape index (κ3) is 3.23.